The van der Waals surface area contributed by atoms with E-state index in [0.717, 1.165) is 17.1 Å². The topological polar surface area (TPSA) is 78.5 Å². The number of fused-ring (bicyclic) bond motifs is 1. The number of ether oxygens (including phenoxy) is 1. The molecule has 0 bridgehead atoms. The minimum atomic E-state index is -0.477. The first kappa shape index (κ1) is 17.7. The van der Waals surface area contributed by atoms with Crippen LogP contribution < -0.4 is 5.56 Å². The molecule has 0 N–H and O–H groups in total. The standard InChI is InChI=1S/C21H18N4O3/c1-14-4-3-5-19-23-17(12-20(26)24(14)19)13-28-21(27)16-6-8-18(9-7-16)25-15(2)10-11-22-25/h3-12H,13H2,1-2H3. The Labute approximate surface area is 160 Å². The van der Waals surface area contributed by atoms with Crippen LogP contribution in [0.4, 0.5) is 0 Å². The van der Waals surface area contributed by atoms with E-state index in [9.17, 15) is 9.59 Å². The number of hydrogen-bond acceptors (Lipinski definition) is 5. The van der Waals surface area contributed by atoms with Crippen molar-refractivity contribution in [1.29, 1.82) is 0 Å². The molecule has 1 aromatic carbocycles. The number of carbonyl (C=O) groups excluding carboxylic acids is 1. The van der Waals surface area contributed by atoms with Gasteiger partial charge in [0.05, 0.1) is 16.9 Å². The van der Waals surface area contributed by atoms with Gasteiger partial charge in [0.15, 0.2) is 0 Å². The van der Waals surface area contributed by atoms with Crippen molar-refractivity contribution in [2.75, 3.05) is 0 Å². The van der Waals surface area contributed by atoms with Gasteiger partial charge in [-0.2, -0.15) is 5.10 Å². The molecule has 4 aromatic rings. The van der Waals surface area contributed by atoms with E-state index in [1.165, 1.54) is 10.5 Å². The normalized spacial score (nSPS) is 10.9. The molecule has 0 aliphatic carbocycles. The highest BCUT2D eigenvalue weighted by Gasteiger charge is 2.11. The van der Waals surface area contributed by atoms with Crippen molar-refractivity contribution < 1.29 is 9.53 Å². The number of rotatable bonds is 4. The number of esters is 1. The summed E-state index contributed by atoms with van der Waals surface area (Å²) in [5.41, 5.74) is 3.81. The second-order valence-corrected chi connectivity index (χ2v) is 6.45. The zero-order chi connectivity index (χ0) is 19.7. The van der Waals surface area contributed by atoms with Crippen LogP contribution in [0.1, 0.15) is 27.4 Å². The van der Waals surface area contributed by atoms with E-state index in [2.05, 4.69) is 10.1 Å². The SMILES string of the molecule is Cc1ccnn1-c1ccc(C(=O)OCc2cc(=O)n3c(C)cccc3n2)cc1. The maximum Gasteiger partial charge on any atom is 0.338 e. The van der Waals surface area contributed by atoms with Crippen LogP contribution in [0.25, 0.3) is 11.3 Å². The predicted octanol–water partition coefficient (Wildman–Crippen LogP) is 2.85. The molecule has 0 saturated carbocycles. The first-order valence-electron chi connectivity index (χ1n) is 8.79. The van der Waals surface area contributed by atoms with E-state index in [1.54, 1.807) is 41.2 Å². The number of benzene rings is 1. The Kier molecular flexibility index (Phi) is 4.49. The summed E-state index contributed by atoms with van der Waals surface area (Å²) in [6.45, 7) is 3.72. The Balaban J connectivity index is 1.49. The minimum absolute atomic E-state index is 0.0709. The van der Waals surface area contributed by atoms with Gasteiger partial charge >= 0.3 is 5.97 Å². The third-order valence-corrected chi connectivity index (χ3v) is 4.46. The summed E-state index contributed by atoms with van der Waals surface area (Å²) in [5.74, 6) is -0.477. The van der Waals surface area contributed by atoms with Crippen molar-refractivity contribution in [3.05, 3.63) is 93.8 Å². The number of pyridine rings is 1. The van der Waals surface area contributed by atoms with Crippen LogP contribution in [0.3, 0.4) is 0 Å². The van der Waals surface area contributed by atoms with E-state index >= 15 is 0 Å². The lowest BCUT2D eigenvalue weighted by Crippen LogP contribution is -2.18. The molecule has 140 valence electrons. The molecule has 0 aliphatic rings. The van der Waals surface area contributed by atoms with E-state index in [0.29, 0.717) is 16.9 Å². The third kappa shape index (κ3) is 3.29. The van der Waals surface area contributed by atoms with Gasteiger partial charge in [0.1, 0.15) is 12.3 Å². The molecule has 7 heteroatoms. The number of aryl methyl sites for hydroxylation is 2. The van der Waals surface area contributed by atoms with Gasteiger partial charge in [-0.3, -0.25) is 9.20 Å². The fraction of sp³-hybridized carbons (Fsp3) is 0.143. The smallest absolute Gasteiger partial charge is 0.338 e. The van der Waals surface area contributed by atoms with Crippen molar-refractivity contribution in [1.82, 2.24) is 19.2 Å². The van der Waals surface area contributed by atoms with Crippen LogP contribution in [0, 0.1) is 13.8 Å². The summed E-state index contributed by atoms with van der Waals surface area (Å²) < 4.78 is 8.63. The largest absolute Gasteiger partial charge is 0.456 e. The summed E-state index contributed by atoms with van der Waals surface area (Å²) in [6, 6.07) is 15.7. The summed E-state index contributed by atoms with van der Waals surface area (Å²) in [6.07, 6.45) is 1.72. The zero-order valence-electron chi connectivity index (χ0n) is 15.5. The van der Waals surface area contributed by atoms with Crippen molar-refractivity contribution in [2.24, 2.45) is 0 Å². The Hall–Kier alpha value is -3.74. The fourth-order valence-electron chi connectivity index (χ4n) is 3.04. The van der Waals surface area contributed by atoms with E-state index in [-0.39, 0.29) is 12.2 Å². The molecule has 0 saturated heterocycles. The van der Waals surface area contributed by atoms with Gasteiger partial charge in [-0.05, 0) is 56.3 Å². The van der Waals surface area contributed by atoms with Crippen LogP contribution in [0.5, 0.6) is 0 Å². The number of aromatic nitrogens is 4. The molecule has 7 nitrogen and oxygen atoms in total. The molecular weight excluding hydrogens is 356 g/mol. The second kappa shape index (κ2) is 7.11. The molecule has 0 unspecified atom stereocenters. The Morgan fingerprint density at radius 1 is 1.04 bits per heavy atom. The van der Waals surface area contributed by atoms with Crippen LogP contribution in [0.2, 0.25) is 0 Å². The van der Waals surface area contributed by atoms with E-state index in [4.69, 9.17) is 4.74 Å². The molecular formula is C21H18N4O3. The maximum absolute atomic E-state index is 12.3. The lowest BCUT2D eigenvalue weighted by Gasteiger charge is -2.08. The van der Waals surface area contributed by atoms with Crippen LogP contribution in [-0.4, -0.2) is 25.1 Å². The molecule has 0 radical (unpaired) electrons. The highest BCUT2D eigenvalue weighted by Crippen LogP contribution is 2.13. The van der Waals surface area contributed by atoms with E-state index in [1.807, 2.05) is 32.0 Å². The van der Waals surface area contributed by atoms with Crippen molar-refractivity contribution >= 4 is 11.6 Å². The van der Waals surface area contributed by atoms with Crippen molar-refractivity contribution in [2.45, 2.75) is 20.5 Å². The van der Waals surface area contributed by atoms with Crippen LogP contribution in [-0.2, 0) is 11.3 Å². The molecule has 4 rings (SSSR count). The molecule has 3 aromatic heterocycles. The molecule has 0 atom stereocenters. The minimum Gasteiger partial charge on any atom is -0.456 e. The van der Waals surface area contributed by atoms with Crippen molar-refractivity contribution in [3.8, 4) is 5.69 Å². The van der Waals surface area contributed by atoms with E-state index < -0.39 is 5.97 Å². The Morgan fingerprint density at radius 3 is 2.54 bits per heavy atom. The molecule has 0 spiro atoms. The predicted molar refractivity (Wildman–Crippen MR) is 104 cm³/mol. The Bertz CT molecular complexity index is 1220. The van der Waals surface area contributed by atoms with Crippen LogP contribution >= 0.6 is 0 Å². The second-order valence-electron chi connectivity index (χ2n) is 6.45. The molecule has 0 aliphatic heterocycles. The molecule has 0 amide bonds. The highest BCUT2D eigenvalue weighted by molar-refractivity contribution is 5.89. The van der Waals surface area contributed by atoms with Crippen molar-refractivity contribution in [3.63, 3.8) is 0 Å². The molecule has 28 heavy (non-hydrogen) atoms. The van der Waals surface area contributed by atoms with Gasteiger partial charge in [-0.1, -0.05) is 6.07 Å². The highest BCUT2D eigenvalue weighted by atomic mass is 16.5. The molecule has 3 heterocycles. The third-order valence-electron chi connectivity index (χ3n) is 4.46. The van der Waals surface area contributed by atoms with Gasteiger partial charge < -0.3 is 4.74 Å². The van der Waals surface area contributed by atoms with Gasteiger partial charge in [0.2, 0.25) is 0 Å². The first-order chi connectivity index (χ1) is 13.5. The maximum atomic E-state index is 12.3. The summed E-state index contributed by atoms with van der Waals surface area (Å²) in [7, 11) is 0. The number of carbonyl (C=O) groups is 1. The average Bonchev–Trinajstić information content (AvgIpc) is 3.12. The van der Waals surface area contributed by atoms with Gasteiger partial charge in [0, 0.05) is 23.7 Å². The monoisotopic (exact) mass is 374 g/mol. The van der Waals surface area contributed by atoms with Gasteiger partial charge in [-0.25, -0.2) is 14.5 Å². The fourth-order valence-corrected chi connectivity index (χ4v) is 3.04. The van der Waals surface area contributed by atoms with Gasteiger partial charge in [-0.15, -0.1) is 0 Å². The number of nitrogens with zero attached hydrogens (tertiary/aromatic N) is 4. The summed E-state index contributed by atoms with van der Waals surface area (Å²) in [4.78, 5) is 29.0. The lowest BCUT2D eigenvalue weighted by atomic mass is 10.2. The zero-order valence-corrected chi connectivity index (χ0v) is 15.5. The average molecular weight is 374 g/mol. The quantitative estimate of drug-likeness (QED) is 0.513. The summed E-state index contributed by atoms with van der Waals surface area (Å²) >= 11 is 0. The first-order valence-corrected chi connectivity index (χ1v) is 8.79. The van der Waals surface area contributed by atoms with Crippen LogP contribution in [0.15, 0.2) is 65.6 Å². The van der Waals surface area contributed by atoms with Gasteiger partial charge in [0.25, 0.3) is 5.56 Å². The summed E-state index contributed by atoms with van der Waals surface area (Å²) in [5, 5.41) is 4.24. The number of hydrogen-bond donors (Lipinski definition) is 0. The molecule has 0 fully saturated rings. The lowest BCUT2D eigenvalue weighted by molar-refractivity contribution is 0.0467. The Morgan fingerprint density at radius 2 is 1.82 bits per heavy atom.